The van der Waals surface area contributed by atoms with Gasteiger partial charge in [0.15, 0.2) is 0 Å². The monoisotopic (exact) mass is 482 g/mol. The minimum absolute atomic E-state index is 0.142. The molecule has 4 rings (SSSR count). The van der Waals surface area contributed by atoms with Crippen LogP contribution in [0.2, 0.25) is 5.02 Å². The maximum Gasteiger partial charge on any atom is 0.225 e. The predicted molar refractivity (Wildman–Crippen MR) is 118 cm³/mol. The summed E-state index contributed by atoms with van der Waals surface area (Å²) in [5.74, 6) is 1.43. The van der Waals surface area contributed by atoms with Crippen LogP contribution in [0.4, 0.5) is 5.82 Å². The fourth-order valence-corrected chi connectivity index (χ4v) is 5.59. The fourth-order valence-electron chi connectivity index (χ4n) is 3.95. The van der Waals surface area contributed by atoms with Gasteiger partial charge in [-0.05, 0) is 53.0 Å². The molecule has 0 spiro atoms. The lowest BCUT2D eigenvalue weighted by atomic mass is 9.95. The highest BCUT2D eigenvalue weighted by atomic mass is 79.9. The normalized spacial score (nSPS) is 19.2. The van der Waals surface area contributed by atoms with Gasteiger partial charge in [-0.25, -0.2) is 4.98 Å². The molecular weight excluding hydrogens is 460 g/mol. The number of hydrogen-bond donors (Lipinski definition) is 0. The highest BCUT2D eigenvalue weighted by molar-refractivity contribution is 9.11. The van der Waals surface area contributed by atoms with E-state index >= 15 is 0 Å². The molecule has 8 heteroatoms. The highest BCUT2D eigenvalue weighted by Gasteiger charge is 2.30. The molecule has 0 unspecified atom stereocenters. The zero-order valence-corrected chi connectivity index (χ0v) is 18.8. The fraction of sp³-hybridized carbons (Fsp3) is 0.500. The maximum absolute atomic E-state index is 13.0. The lowest BCUT2D eigenvalue weighted by Gasteiger charge is -2.38. The summed E-state index contributed by atoms with van der Waals surface area (Å²) in [6.45, 7) is 6.31. The SMILES string of the molecule is O=C(C1CCN(c2ccc(Cl)cn2)CC1)N1CCN(Cc2ccc(Br)s2)CC1. The van der Waals surface area contributed by atoms with Crippen LogP contribution in [-0.4, -0.2) is 60.0 Å². The number of carbonyl (C=O) groups is 1. The summed E-state index contributed by atoms with van der Waals surface area (Å²) in [7, 11) is 0. The third-order valence-corrected chi connectivity index (χ3v) is 7.40. The summed E-state index contributed by atoms with van der Waals surface area (Å²) in [5.41, 5.74) is 0. The molecule has 4 heterocycles. The largest absolute Gasteiger partial charge is 0.357 e. The Morgan fingerprint density at radius 1 is 1.11 bits per heavy atom. The Hall–Kier alpha value is -1.15. The van der Waals surface area contributed by atoms with Crippen molar-refractivity contribution in [2.24, 2.45) is 5.92 Å². The number of piperidine rings is 1. The number of hydrogen-bond acceptors (Lipinski definition) is 5. The minimum atomic E-state index is 0.142. The first-order valence-corrected chi connectivity index (χ1v) is 11.7. The summed E-state index contributed by atoms with van der Waals surface area (Å²) in [5, 5.41) is 0.652. The molecule has 2 saturated heterocycles. The number of aromatic nitrogens is 1. The van der Waals surface area contributed by atoms with Crippen molar-refractivity contribution < 1.29 is 4.79 Å². The number of carbonyl (C=O) groups excluding carboxylic acids is 1. The van der Waals surface area contributed by atoms with Crippen molar-refractivity contribution >= 4 is 50.6 Å². The van der Waals surface area contributed by atoms with Gasteiger partial charge in [0.2, 0.25) is 5.91 Å². The first-order valence-electron chi connectivity index (χ1n) is 9.70. The van der Waals surface area contributed by atoms with Crippen molar-refractivity contribution in [3.8, 4) is 0 Å². The van der Waals surface area contributed by atoms with Gasteiger partial charge in [0.1, 0.15) is 5.82 Å². The topological polar surface area (TPSA) is 39.7 Å². The number of rotatable bonds is 4. The van der Waals surface area contributed by atoms with E-state index in [1.165, 1.54) is 8.66 Å². The minimum Gasteiger partial charge on any atom is -0.357 e. The van der Waals surface area contributed by atoms with E-state index in [4.69, 9.17) is 11.6 Å². The van der Waals surface area contributed by atoms with Crippen LogP contribution in [0.3, 0.4) is 0 Å². The van der Waals surface area contributed by atoms with Crippen LogP contribution < -0.4 is 4.90 Å². The van der Waals surface area contributed by atoms with Gasteiger partial charge < -0.3 is 9.80 Å². The van der Waals surface area contributed by atoms with Crippen LogP contribution in [0.25, 0.3) is 0 Å². The zero-order valence-electron chi connectivity index (χ0n) is 15.7. The van der Waals surface area contributed by atoms with Crippen molar-refractivity contribution in [1.82, 2.24) is 14.8 Å². The number of halogens is 2. The molecule has 2 aliphatic rings. The summed E-state index contributed by atoms with van der Waals surface area (Å²) in [4.78, 5) is 25.5. The number of pyridine rings is 1. The lowest BCUT2D eigenvalue weighted by molar-refractivity contribution is -0.138. The first kappa shape index (κ1) is 20.1. The quantitative estimate of drug-likeness (QED) is 0.656. The van der Waals surface area contributed by atoms with Gasteiger partial charge in [0, 0.05) is 62.8 Å². The average Bonchev–Trinajstić information content (AvgIpc) is 3.13. The predicted octanol–water partition coefficient (Wildman–Crippen LogP) is 4.12. The maximum atomic E-state index is 13.0. The van der Waals surface area contributed by atoms with Gasteiger partial charge in [-0.3, -0.25) is 9.69 Å². The van der Waals surface area contributed by atoms with E-state index in [0.717, 1.165) is 64.5 Å². The molecule has 0 N–H and O–H groups in total. The molecule has 28 heavy (non-hydrogen) atoms. The number of nitrogens with zero attached hydrogens (tertiary/aromatic N) is 4. The van der Waals surface area contributed by atoms with Crippen LogP contribution in [0, 0.1) is 5.92 Å². The highest BCUT2D eigenvalue weighted by Crippen LogP contribution is 2.26. The van der Waals surface area contributed by atoms with Crippen LogP contribution in [0.5, 0.6) is 0 Å². The number of anilines is 1. The summed E-state index contributed by atoms with van der Waals surface area (Å²) < 4.78 is 1.18. The van der Waals surface area contributed by atoms with E-state index in [1.807, 2.05) is 12.1 Å². The van der Waals surface area contributed by atoms with E-state index in [-0.39, 0.29) is 5.92 Å². The van der Waals surface area contributed by atoms with Crippen LogP contribution in [0.15, 0.2) is 34.2 Å². The lowest BCUT2D eigenvalue weighted by Crippen LogP contribution is -2.51. The summed E-state index contributed by atoms with van der Waals surface area (Å²) in [6, 6.07) is 8.10. The second-order valence-electron chi connectivity index (χ2n) is 7.40. The molecule has 0 aromatic carbocycles. The molecule has 2 fully saturated rings. The smallest absolute Gasteiger partial charge is 0.225 e. The van der Waals surface area contributed by atoms with E-state index in [0.29, 0.717) is 10.9 Å². The Bertz CT molecular complexity index is 799. The Kier molecular flexibility index (Phi) is 6.55. The molecule has 0 bridgehead atoms. The summed E-state index contributed by atoms with van der Waals surface area (Å²) >= 11 is 11.2. The van der Waals surface area contributed by atoms with Crippen molar-refractivity contribution in [3.05, 3.63) is 44.1 Å². The molecule has 0 saturated carbocycles. The van der Waals surface area contributed by atoms with E-state index in [2.05, 4.69) is 47.7 Å². The van der Waals surface area contributed by atoms with Crippen molar-refractivity contribution in [3.63, 3.8) is 0 Å². The molecule has 2 aromatic heterocycles. The molecule has 1 amide bonds. The number of thiophene rings is 1. The Labute approximate surface area is 183 Å². The Balaban J connectivity index is 1.24. The van der Waals surface area contributed by atoms with Gasteiger partial charge >= 0.3 is 0 Å². The number of amides is 1. The molecule has 0 aliphatic carbocycles. The number of piperazine rings is 1. The van der Waals surface area contributed by atoms with Gasteiger partial charge in [-0.1, -0.05) is 11.6 Å². The van der Waals surface area contributed by atoms with Crippen LogP contribution >= 0.6 is 38.9 Å². The summed E-state index contributed by atoms with van der Waals surface area (Å²) in [6.07, 6.45) is 3.47. The van der Waals surface area contributed by atoms with E-state index in [9.17, 15) is 4.79 Å². The van der Waals surface area contributed by atoms with E-state index < -0.39 is 0 Å². The molecule has 150 valence electrons. The van der Waals surface area contributed by atoms with Crippen molar-refractivity contribution in [2.45, 2.75) is 19.4 Å². The molecule has 0 radical (unpaired) electrons. The second kappa shape index (κ2) is 9.11. The second-order valence-corrected chi connectivity index (χ2v) is 10.4. The standard InChI is InChI=1S/C20H24BrClN4OS/c21-18-3-2-17(28-18)14-24-9-11-26(12-10-24)20(27)15-5-7-25(8-6-15)19-4-1-16(22)13-23-19/h1-4,13,15H,5-12,14H2. The molecule has 0 atom stereocenters. The first-order chi connectivity index (χ1) is 13.6. The Morgan fingerprint density at radius 2 is 1.86 bits per heavy atom. The molecule has 5 nitrogen and oxygen atoms in total. The average molecular weight is 484 g/mol. The molecular formula is C20H24BrClN4OS. The van der Waals surface area contributed by atoms with Crippen molar-refractivity contribution in [1.29, 1.82) is 0 Å². The van der Waals surface area contributed by atoms with E-state index in [1.54, 1.807) is 17.5 Å². The van der Waals surface area contributed by atoms with Gasteiger partial charge in [0.25, 0.3) is 0 Å². The van der Waals surface area contributed by atoms with Crippen LogP contribution in [0.1, 0.15) is 17.7 Å². The Morgan fingerprint density at radius 3 is 2.46 bits per heavy atom. The molecule has 2 aromatic rings. The van der Waals surface area contributed by atoms with Crippen LogP contribution in [-0.2, 0) is 11.3 Å². The third-order valence-electron chi connectivity index (χ3n) is 5.57. The van der Waals surface area contributed by atoms with Gasteiger partial charge in [0.05, 0.1) is 8.81 Å². The van der Waals surface area contributed by atoms with Gasteiger partial charge in [-0.15, -0.1) is 11.3 Å². The van der Waals surface area contributed by atoms with Gasteiger partial charge in [-0.2, -0.15) is 0 Å². The van der Waals surface area contributed by atoms with Crippen molar-refractivity contribution in [2.75, 3.05) is 44.2 Å². The molecule has 2 aliphatic heterocycles. The zero-order chi connectivity index (χ0) is 19.5. The third kappa shape index (κ3) is 4.87.